The van der Waals surface area contributed by atoms with Crippen molar-refractivity contribution in [2.75, 3.05) is 65.9 Å². The summed E-state index contributed by atoms with van der Waals surface area (Å²) in [7, 11) is 0. The van der Waals surface area contributed by atoms with E-state index in [0.29, 0.717) is 26.4 Å². The van der Waals surface area contributed by atoms with Crippen LogP contribution >= 0.6 is 0 Å². The molecule has 1 radical (unpaired) electrons. The first-order chi connectivity index (χ1) is 10.4. The maximum absolute atomic E-state index is 5.44. The van der Waals surface area contributed by atoms with Crippen molar-refractivity contribution in [2.45, 2.75) is 39.5 Å². The third kappa shape index (κ3) is 19.8. The number of nitrogens with zero attached hydrogens (tertiary/aromatic N) is 1. The second kappa shape index (κ2) is 19.8. The van der Waals surface area contributed by atoms with Crippen molar-refractivity contribution in [3.8, 4) is 0 Å². The molecule has 5 heteroatoms. The van der Waals surface area contributed by atoms with Gasteiger partial charge in [-0.3, -0.25) is 0 Å². The molecule has 0 aliphatic heterocycles. The largest absolute Gasteiger partial charge is 0.379 e. The SMILES string of the molecule is CCOCCOCCCC[N]CCCCOCCOCC. The molecule has 0 N–H and O–H groups in total. The van der Waals surface area contributed by atoms with E-state index in [2.05, 4.69) is 5.32 Å². The van der Waals surface area contributed by atoms with Gasteiger partial charge in [0.15, 0.2) is 0 Å². The van der Waals surface area contributed by atoms with Crippen molar-refractivity contribution < 1.29 is 18.9 Å². The molecule has 0 unspecified atom stereocenters. The van der Waals surface area contributed by atoms with Crippen LogP contribution in [0, 0.1) is 0 Å². The predicted molar refractivity (Wildman–Crippen MR) is 85.0 cm³/mol. The van der Waals surface area contributed by atoms with E-state index >= 15 is 0 Å². The Morgan fingerprint density at radius 1 is 0.524 bits per heavy atom. The fraction of sp³-hybridized carbons (Fsp3) is 1.00. The molecule has 0 aliphatic rings. The molecular formula is C16H34NO4. The zero-order valence-corrected chi connectivity index (χ0v) is 14.0. The Hall–Kier alpha value is -0.200. The highest BCUT2D eigenvalue weighted by atomic mass is 16.5. The van der Waals surface area contributed by atoms with Crippen LogP contribution in [0.2, 0.25) is 0 Å². The van der Waals surface area contributed by atoms with Gasteiger partial charge < -0.3 is 18.9 Å². The summed E-state index contributed by atoms with van der Waals surface area (Å²) in [5, 5.41) is 4.51. The summed E-state index contributed by atoms with van der Waals surface area (Å²) in [5.41, 5.74) is 0. The zero-order valence-electron chi connectivity index (χ0n) is 14.0. The number of hydrogen-bond acceptors (Lipinski definition) is 4. The maximum Gasteiger partial charge on any atom is 0.0700 e. The van der Waals surface area contributed by atoms with Gasteiger partial charge in [0.05, 0.1) is 26.4 Å². The van der Waals surface area contributed by atoms with Gasteiger partial charge >= 0.3 is 0 Å². The van der Waals surface area contributed by atoms with E-state index < -0.39 is 0 Å². The molecular weight excluding hydrogens is 270 g/mol. The summed E-state index contributed by atoms with van der Waals surface area (Å²) in [6.45, 7) is 11.8. The molecule has 21 heavy (non-hydrogen) atoms. The summed E-state index contributed by atoms with van der Waals surface area (Å²) >= 11 is 0. The molecule has 0 aromatic carbocycles. The number of rotatable bonds is 18. The quantitative estimate of drug-likeness (QED) is 0.364. The standard InChI is InChI=1S/C16H34NO4/c1-3-18-13-15-20-11-7-5-9-17-10-6-8-12-21-16-14-19-4-2/h3-16H2,1-2H3. The van der Waals surface area contributed by atoms with E-state index in [1.807, 2.05) is 13.8 Å². The Kier molecular flexibility index (Phi) is 19.6. The normalized spacial score (nSPS) is 11.1. The molecule has 0 atom stereocenters. The van der Waals surface area contributed by atoms with Gasteiger partial charge in [-0.25, -0.2) is 5.32 Å². The van der Waals surface area contributed by atoms with Crippen LogP contribution in [0.1, 0.15) is 39.5 Å². The Morgan fingerprint density at radius 3 is 1.38 bits per heavy atom. The first-order valence-corrected chi connectivity index (χ1v) is 8.36. The summed E-state index contributed by atoms with van der Waals surface area (Å²) in [4.78, 5) is 0. The lowest BCUT2D eigenvalue weighted by Crippen LogP contribution is -2.11. The molecule has 0 amide bonds. The molecule has 0 aliphatic carbocycles. The highest BCUT2D eigenvalue weighted by molar-refractivity contribution is 4.49. The Morgan fingerprint density at radius 2 is 0.952 bits per heavy atom. The van der Waals surface area contributed by atoms with Crippen molar-refractivity contribution >= 4 is 0 Å². The topological polar surface area (TPSA) is 51.0 Å². The average Bonchev–Trinajstić information content (AvgIpc) is 2.50. The predicted octanol–water partition coefficient (Wildman–Crippen LogP) is 2.26. The molecule has 0 aromatic rings. The molecule has 0 heterocycles. The van der Waals surface area contributed by atoms with Crippen LogP contribution in [0.25, 0.3) is 0 Å². The first kappa shape index (κ1) is 20.8. The van der Waals surface area contributed by atoms with E-state index in [0.717, 1.165) is 65.2 Å². The lowest BCUT2D eigenvalue weighted by Gasteiger charge is -2.06. The lowest BCUT2D eigenvalue weighted by molar-refractivity contribution is 0.0509. The van der Waals surface area contributed by atoms with Gasteiger partial charge in [-0.15, -0.1) is 0 Å². The zero-order chi connectivity index (χ0) is 15.4. The van der Waals surface area contributed by atoms with Crippen LogP contribution in [-0.4, -0.2) is 65.9 Å². The summed E-state index contributed by atoms with van der Waals surface area (Å²) < 4.78 is 21.3. The van der Waals surface area contributed by atoms with E-state index in [9.17, 15) is 0 Å². The summed E-state index contributed by atoms with van der Waals surface area (Å²) in [6.07, 6.45) is 4.38. The molecule has 0 aromatic heterocycles. The highest BCUT2D eigenvalue weighted by Crippen LogP contribution is 1.93. The smallest absolute Gasteiger partial charge is 0.0700 e. The van der Waals surface area contributed by atoms with Crippen LogP contribution in [0.15, 0.2) is 0 Å². The van der Waals surface area contributed by atoms with Gasteiger partial charge in [-0.2, -0.15) is 0 Å². The Labute approximate surface area is 130 Å². The molecule has 0 spiro atoms. The second-order valence-electron chi connectivity index (χ2n) is 4.70. The van der Waals surface area contributed by atoms with Crippen molar-refractivity contribution in [3.05, 3.63) is 0 Å². The van der Waals surface area contributed by atoms with Crippen LogP contribution in [0.5, 0.6) is 0 Å². The molecule has 127 valence electrons. The lowest BCUT2D eigenvalue weighted by atomic mass is 10.3. The number of hydrogen-bond donors (Lipinski definition) is 0. The molecule has 0 rings (SSSR count). The van der Waals surface area contributed by atoms with Gasteiger partial charge in [-0.1, -0.05) is 0 Å². The minimum Gasteiger partial charge on any atom is -0.379 e. The van der Waals surface area contributed by atoms with Gasteiger partial charge in [0.2, 0.25) is 0 Å². The van der Waals surface area contributed by atoms with E-state index in [1.165, 1.54) is 0 Å². The van der Waals surface area contributed by atoms with Crippen LogP contribution < -0.4 is 5.32 Å². The molecule has 0 saturated heterocycles. The van der Waals surface area contributed by atoms with E-state index in [1.54, 1.807) is 0 Å². The Bertz CT molecular complexity index is 164. The van der Waals surface area contributed by atoms with E-state index in [-0.39, 0.29) is 0 Å². The average molecular weight is 304 g/mol. The van der Waals surface area contributed by atoms with Crippen LogP contribution in [0.3, 0.4) is 0 Å². The summed E-state index contributed by atoms with van der Waals surface area (Å²) in [6, 6.07) is 0. The minimum atomic E-state index is 0.702. The third-order valence-electron chi connectivity index (χ3n) is 2.86. The van der Waals surface area contributed by atoms with Crippen LogP contribution in [0.4, 0.5) is 0 Å². The minimum absolute atomic E-state index is 0.702. The fourth-order valence-corrected chi connectivity index (χ4v) is 1.70. The van der Waals surface area contributed by atoms with Gasteiger partial charge in [0.1, 0.15) is 0 Å². The first-order valence-electron chi connectivity index (χ1n) is 8.36. The maximum atomic E-state index is 5.44. The summed E-state index contributed by atoms with van der Waals surface area (Å²) in [5.74, 6) is 0. The van der Waals surface area contributed by atoms with Crippen molar-refractivity contribution in [2.24, 2.45) is 0 Å². The number of ether oxygens (including phenoxy) is 4. The molecule has 5 nitrogen and oxygen atoms in total. The number of unbranched alkanes of at least 4 members (excludes halogenated alkanes) is 2. The van der Waals surface area contributed by atoms with Gasteiger partial charge in [0, 0.05) is 39.5 Å². The van der Waals surface area contributed by atoms with Crippen LogP contribution in [-0.2, 0) is 18.9 Å². The molecule has 0 saturated carbocycles. The second-order valence-corrected chi connectivity index (χ2v) is 4.70. The highest BCUT2D eigenvalue weighted by Gasteiger charge is 1.94. The van der Waals surface area contributed by atoms with Crippen molar-refractivity contribution in [1.82, 2.24) is 5.32 Å². The molecule has 0 bridgehead atoms. The fourth-order valence-electron chi connectivity index (χ4n) is 1.70. The van der Waals surface area contributed by atoms with Gasteiger partial charge in [0.25, 0.3) is 0 Å². The monoisotopic (exact) mass is 304 g/mol. The van der Waals surface area contributed by atoms with Gasteiger partial charge in [-0.05, 0) is 39.5 Å². The Balaban J connectivity index is 2.90. The van der Waals surface area contributed by atoms with E-state index in [4.69, 9.17) is 18.9 Å². The van der Waals surface area contributed by atoms with Crippen molar-refractivity contribution in [3.63, 3.8) is 0 Å². The molecule has 0 fully saturated rings. The van der Waals surface area contributed by atoms with Crippen molar-refractivity contribution in [1.29, 1.82) is 0 Å². The third-order valence-corrected chi connectivity index (χ3v) is 2.86.